The van der Waals surface area contributed by atoms with Crippen LogP contribution in [0.3, 0.4) is 0 Å². The molecule has 2 rings (SSSR count). The van der Waals surface area contributed by atoms with Gasteiger partial charge >= 0.3 is 0 Å². The van der Waals surface area contributed by atoms with Crippen LogP contribution in [0.2, 0.25) is 0 Å². The van der Waals surface area contributed by atoms with E-state index in [4.69, 9.17) is 4.74 Å². The van der Waals surface area contributed by atoms with Crippen LogP contribution in [-0.4, -0.2) is 17.9 Å². The highest BCUT2D eigenvalue weighted by atomic mass is 16.5. The molecular formula is C15H19NO3. The van der Waals surface area contributed by atoms with Gasteiger partial charge in [-0.15, -0.1) is 0 Å². The third-order valence-corrected chi connectivity index (χ3v) is 3.37. The number of rotatable bonds is 3. The molecule has 0 aromatic heterocycles. The molecule has 19 heavy (non-hydrogen) atoms. The molecule has 0 saturated carbocycles. The second-order valence-corrected chi connectivity index (χ2v) is 5.25. The molecule has 4 heteroatoms. The fourth-order valence-corrected chi connectivity index (χ4v) is 2.33. The van der Waals surface area contributed by atoms with E-state index >= 15 is 0 Å². The monoisotopic (exact) mass is 261 g/mol. The van der Waals surface area contributed by atoms with Crippen LogP contribution in [0.1, 0.15) is 38.7 Å². The summed E-state index contributed by atoms with van der Waals surface area (Å²) in [4.78, 5) is 23.1. The molecule has 4 nitrogen and oxygen atoms in total. The Labute approximate surface area is 113 Å². The first-order chi connectivity index (χ1) is 8.97. The van der Waals surface area contributed by atoms with Crippen molar-refractivity contribution in [2.45, 2.75) is 39.2 Å². The van der Waals surface area contributed by atoms with Gasteiger partial charge in [0.25, 0.3) is 0 Å². The van der Waals surface area contributed by atoms with Crippen LogP contribution < -0.4 is 10.1 Å². The molecule has 0 spiro atoms. The molecular weight excluding hydrogens is 242 g/mol. The van der Waals surface area contributed by atoms with Gasteiger partial charge in [0.1, 0.15) is 5.75 Å². The van der Waals surface area contributed by atoms with E-state index < -0.39 is 0 Å². The number of ether oxygens (including phenoxy) is 1. The molecule has 0 bridgehead atoms. The van der Waals surface area contributed by atoms with Gasteiger partial charge < -0.3 is 4.74 Å². The van der Waals surface area contributed by atoms with Gasteiger partial charge in [-0.1, -0.05) is 19.1 Å². The minimum Gasteiger partial charge on any atom is -0.491 e. The van der Waals surface area contributed by atoms with Gasteiger partial charge in [0.2, 0.25) is 11.8 Å². The molecule has 2 atom stereocenters. The number of carbonyl (C=O) groups is 2. The molecule has 1 aliphatic heterocycles. The molecule has 2 amide bonds. The second-order valence-electron chi connectivity index (χ2n) is 5.25. The van der Waals surface area contributed by atoms with Crippen LogP contribution in [0, 0.1) is 5.92 Å². The van der Waals surface area contributed by atoms with E-state index in [1.165, 1.54) is 0 Å². The summed E-state index contributed by atoms with van der Waals surface area (Å²) in [6.45, 7) is 5.80. The Balaban J connectivity index is 2.16. The quantitative estimate of drug-likeness (QED) is 0.849. The van der Waals surface area contributed by atoms with Gasteiger partial charge in [-0.2, -0.15) is 0 Å². The highest BCUT2D eigenvalue weighted by molar-refractivity contribution is 5.99. The highest BCUT2D eigenvalue weighted by Gasteiger charge is 2.33. The number of hydrogen-bond acceptors (Lipinski definition) is 3. The number of imide groups is 1. The lowest BCUT2D eigenvalue weighted by atomic mass is 9.81. The molecule has 1 aromatic rings. The maximum Gasteiger partial charge on any atom is 0.230 e. The fourth-order valence-electron chi connectivity index (χ4n) is 2.33. The SMILES string of the molecule is CC(C)Oc1ccc(C2CC(=O)NC(=O)C2C)cc1. The zero-order chi connectivity index (χ0) is 14.0. The number of carbonyl (C=O) groups excluding carboxylic acids is 2. The first kappa shape index (κ1) is 13.6. The van der Waals surface area contributed by atoms with Gasteiger partial charge in [-0.3, -0.25) is 14.9 Å². The summed E-state index contributed by atoms with van der Waals surface area (Å²) in [7, 11) is 0. The van der Waals surface area contributed by atoms with E-state index in [2.05, 4.69) is 5.32 Å². The summed E-state index contributed by atoms with van der Waals surface area (Å²) in [5.41, 5.74) is 1.01. The Morgan fingerprint density at radius 3 is 2.42 bits per heavy atom. The van der Waals surface area contributed by atoms with Crippen molar-refractivity contribution in [3.05, 3.63) is 29.8 Å². The maximum atomic E-state index is 11.6. The number of hydrogen-bond donors (Lipinski definition) is 1. The number of amides is 2. The highest BCUT2D eigenvalue weighted by Crippen LogP contribution is 2.32. The van der Waals surface area contributed by atoms with Crippen LogP contribution in [0.4, 0.5) is 0 Å². The lowest BCUT2D eigenvalue weighted by Gasteiger charge is -2.27. The first-order valence-corrected chi connectivity index (χ1v) is 6.57. The van der Waals surface area contributed by atoms with Gasteiger partial charge in [0.15, 0.2) is 0 Å². The largest absolute Gasteiger partial charge is 0.491 e. The van der Waals surface area contributed by atoms with Gasteiger partial charge in [-0.25, -0.2) is 0 Å². The molecule has 1 N–H and O–H groups in total. The summed E-state index contributed by atoms with van der Waals surface area (Å²) < 4.78 is 5.58. The lowest BCUT2D eigenvalue weighted by Crippen LogP contribution is -2.43. The van der Waals surface area contributed by atoms with Crippen LogP contribution in [0.25, 0.3) is 0 Å². The predicted molar refractivity (Wildman–Crippen MR) is 71.9 cm³/mol. The van der Waals surface area contributed by atoms with Crippen molar-refractivity contribution < 1.29 is 14.3 Å². The van der Waals surface area contributed by atoms with Crippen molar-refractivity contribution in [2.24, 2.45) is 5.92 Å². The fraction of sp³-hybridized carbons (Fsp3) is 0.467. The molecule has 1 saturated heterocycles. The summed E-state index contributed by atoms with van der Waals surface area (Å²) in [5.74, 6) is 0.182. The van der Waals surface area contributed by atoms with Crippen LogP contribution in [-0.2, 0) is 9.59 Å². The smallest absolute Gasteiger partial charge is 0.230 e. The molecule has 1 aliphatic rings. The van der Waals surface area contributed by atoms with Gasteiger partial charge in [0.05, 0.1) is 6.10 Å². The molecule has 0 radical (unpaired) electrons. The van der Waals surface area contributed by atoms with Gasteiger partial charge in [-0.05, 0) is 31.5 Å². The Hall–Kier alpha value is -1.84. The van der Waals surface area contributed by atoms with E-state index in [0.717, 1.165) is 11.3 Å². The topological polar surface area (TPSA) is 55.4 Å². The van der Waals surface area contributed by atoms with E-state index in [9.17, 15) is 9.59 Å². The Bertz CT molecular complexity index is 479. The van der Waals surface area contributed by atoms with Crippen molar-refractivity contribution in [2.75, 3.05) is 0 Å². The average Bonchev–Trinajstić information content (AvgIpc) is 2.34. The first-order valence-electron chi connectivity index (χ1n) is 6.57. The van der Waals surface area contributed by atoms with Crippen molar-refractivity contribution in [1.82, 2.24) is 5.32 Å². The van der Waals surface area contributed by atoms with Crippen LogP contribution >= 0.6 is 0 Å². The van der Waals surface area contributed by atoms with Crippen LogP contribution in [0.5, 0.6) is 5.75 Å². The Kier molecular flexibility index (Phi) is 3.88. The lowest BCUT2D eigenvalue weighted by molar-refractivity contribution is -0.136. The summed E-state index contributed by atoms with van der Waals surface area (Å²) in [6.07, 6.45) is 0.490. The van der Waals surface area contributed by atoms with E-state index in [1.807, 2.05) is 45.0 Å². The molecule has 1 fully saturated rings. The maximum absolute atomic E-state index is 11.6. The molecule has 102 valence electrons. The minimum atomic E-state index is -0.199. The third kappa shape index (κ3) is 3.13. The van der Waals surface area contributed by atoms with Crippen molar-refractivity contribution in [3.63, 3.8) is 0 Å². The summed E-state index contributed by atoms with van der Waals surface area (Å²) >= 11 is 0. The standard InChI is InChI=1S/C15H19NO3/c1-9(2)19-12-6-4-11(5-7-12)13-8-14(17)16-15(18)10(13)3/h4-7,9-10,13H,8H2,1-3H3,(H,16,17,18). The molecule has 0 aliphatic carbocycles. The summed E-state index contributed by atoms with van der Waals surface area (Å²) in [6, 6.07) is 7.65. The zero-order valence-corrected chi connectivity index (χ0v) is 11.5. The summed E-state index contributed by atoms with van der Waals surface area (Å²) in [5, 5.41) is 2.36. The Morgan fingerprint density at radius 2 is 1.84 bits per heavy atom. The van der Waals surface area contributed by atoms with E-state index in [-0.39, 0.29) is 29.8 Å². The third-order valence-electron chi connectivity index (χ3n) is 3.37. The number of nitrogens with one attached hydrogen (secondary N) is 1. The van der Waals surface area contributed by atoms with Crippen molar-refractivity contribution in [3.8, 4) is 5.75 Å². The number of piperidine rings is 1. The zero-order valence-electron chi connectivity index (χ0n) is 11.5. The molecule has 2 unspecified atom stereocenters. The van der Waals surface area contributed by atoms with Gasteiger partial charge in [0, 0.05) is 18.3 Å². The minimum absolute atomic E-state index is 0.0469. The van der Waals surface area contributed by atoms with Crippen molar-refractivity contribution in [1.29, 1.82) is 0 Å². The predicted octanol–water partition coefficient (Wildman–Crippen LogP) is 2.24. The van der Waals surface area contributed by atoms with E-state index in [1.54, 1.807) is 0 Å². The van der Waals surface area contributed by atoms with E-state index in [0.29, 0.717) is 6.42 Å². The normalized spacial score (nSPS) is 23.4. The van der Waals surface area contributed by atoms with Crippen molar-refractivity contribution >= 4 is 11.8 Å². The molecule has 1 heterocycles. The van der Waals surface area contributed by atoms with Crippen LogP contribution in [0.15, 0.2) is 24.3 Å². The second kappa shape index (κ2) is 5.43. The molecule has 1 aromatic carbocycles. The number of benzene rings is 1. The average molecular weight is 261 g/mol. The Morgan fingerprint density at radius 1 is 1.21 bits per heavy atom.